The molecule has 0 aliphatic heterocycles. The monoisotopic (exact) mass is 271 g/mol. The van der Waals surface area contributed by atoms with Gasteiger partial charge in [-0.25, -0.2) is 0 Å². The number of thioether (sulfide) groups is 1. The van der Waals surface area contributed by atoms with E-state index in [0.717, 1.165) is 11.3 Å². The predicted octanol–water partition coefficient (Wildman–Crippen LogP) is 3.32. The highest BCUT2D eigenvalue weighted by Gasteiger charge is 2.33. The second-order valence-corrected chi connectivity index (χ2v) is 5.93. The molecule has 0 radical (unpaired) electrons. The Morgan fingerprint density at radius 3 is 2.11 bits per heavy atom. The van der Waals surface area contributed by atoms with Crippen LogP contribution in [-0.4, -0.2) is 5.91 Å². The van der Waals surface area contributed by atoms with Crippen molar-refractivity contribution in [1.82, 2.24) is 0 Å². The third-order valence-corrected chi connectivity index (χ3v) is 4.66. The van der Waals surface area contributed by atoms with Crippen molar-refractivity contribution in [2.75, 3.05) is 0 Å². The molecule has 2 rings (SSSR count). The van der Waals surface area contributed by atoms with Crippen molar-refractivity contribution < 1.29 is 4.79 Å². The highest BCUT2D eigenvalue weighted by Crippen LogP contribution is 2.37. The molecule has 0 aliphatic carbocycles. The van der Waals surface area contributed by atoms with Crippen molar-refractivity contribution in [3.05, 3.63) is 71.8 Å². The minimum Gasteiger partial charge on any atom is -0.368 e. The van der Waals surface area contributed by atoms with Crippen LogP contribution in [0.3, 0.4) is 0 Å². The molecule has 0 fully saturated rings. The summed E-state index contributed by atoms with van der Waals surface area (Å²) in [6.07, 6.45) is 0. The fourth-order valence-electron chi connectivity index (χ4n) is 1.85. The van der Waals surface area contributed by atoms with Crippen molar-refractivity contribution in [1.29, 1.82) is 0 Å². The van der Waals surface area contributed by atoms with Gasteiger partial charge in [-0.05, 0) is 18.1 Å². The van der Waals surface area contributed by atoms with Crippen molar-refractivity contribution in [3.8, 4) is 0 Å². The van der Waals surface area contributed by atoms with Gasteiger partial charge < -0.3 is 5.73 Å². The number of carbonyl (C=O) groups is 1. The highest BCUT2D eigenvalue weighted by atomic mass is 32.2. The standard InChI is InChI=1S/C16H17NOS/c1-16(15(17)18,14-10-6-3-7-11-14)19-12-13-8-4-2-5-9-13/h2-11H,12H2,1H3,(H2,17,18)/t16-/m0/s1. The van der Waals surface area contributed by atoms with Crippen LogP contribution < -0.4 is 5.73 Å². The SMILES string of the molecule is C[C@@](SCc1ccccc1)(C(N)=O)c1ccccc1. The van der Waals surface area contributed by atoms with Gasteiger partial charge in [0.1, 0.15) is 4.75 Å². The first-order valence-electron chi connectivity index (χ1n) is 6.16. The molecule has 0 unspecified atom stereocenters. The Hall–Kier alpha value is -1.74. The molecule has 0 bridgehead atoms. The summed E-state index contributed by atoms with van der Waals surface area (Å²) in [7, 11) is 0. The average molecular weight is 271 g/mol. The van der Waals surface area contributed by atoms with E-state index in [2.05, 4.69) is 12.1 Å². The Balaban J connectivity index is 2.19. The normalized spacial score (nSPS) is 13.7. The fraction of sp³-hybridized carbons (Fsp3) is 0.188. The molecule has 2 aromatic rings. The Labute approximate surface area is 118 Å². The van der Waals surface area contributed by atoms with Crippen LogP contribution in [0.4, 0.5) is 0 Å². The number of benzene rings is 2. The quantitative estimate of drug-likeness (QED) is 0.906. The van der Waals surface area contributed by atoms with Gasteiger partial charge in [-0.1, -0.05) is 60.7 Å². The van der Waals surface area contributed by atoms with E-state index in [4.69, 9.17) is 5.73 Å². The molecular formula is C16H17NOS. The molecule has 0 heterocycles. The molecule has 98 valence electrons. The summed E-state index contributed by atoms with van der Waals surface area (Å²) in [5.41, 5.74) is 7.75. The van der Waals surface area contributed by atoms with Gasteiger partial charge in [-0.2, -0.15) is 0 Å². The van der Waals surface area contributed by atoms with Gasteiger partial charge in [0.05, 0.1) is 0 Å². The molecule has 2 N–H and O–H groups in total. The molecule has 0 saturated carbocycles. The van der Waals surface area contributed by atoms with Crippen LogP contribution in [0, 0.1) is 0 Å². The number of carbonyl (C=O) groups excluding carboxylic acids is 1. The Morgan fingerprint density at radius 2 is 1.58 bits per heavy atom. The van der Waals surface area contributed by atoms with E-state index in [1.807, 2.05) is 55.5 Å². The van der Waals surface area contributed by atoms with Crippen molar-refractivity contribution in [2.45, 2.75) is 17.4 Å². The average Bonchev–Trinajstić information content (AvgIpc) is 2.46. The number of primary amides is 1. The molecule has 3 heteroatoms. The topological polar surface area (TPSA) is 43.1 Å². The molecule has 2 nitrogen and oxygen atoms in total. The molecule has 0 aliphatic rings. The first-order valence-corrected chi connectivity index (χ1v) is 7.15. The Kier molecular flexibility index (Phi) is 4.27. The number of nitrogens with two attached hydrogens (primary N) is 1. The highest BCUT2D eigenvalue weighted by molar-refractivity contribution is 8.00. The summed E-state index contributed by atoms with van der Waals surface area (Å²) in [5.74, 6) is 0.453. The second kappa shape index (κ2) is 5.93. The summed E-state index contributed by atoms with van der Waals surface area (Å²) < 4.78 is -0.697. The van der Waals surface area contributed by atoms with Crippen LogP contribution in [0.15, 0.2) is 60.7 Å². The van der Waals surface area contributed by atoms with E-state index in [9.17, 15) is 4.79 Å². The van der Waals surface area contributed by atoms with Crippen molar-refractivity contribution >= 4 is 17.7 Å². The van der Waals surface area contributed by atoms with Gasteiger partial charge in [0.2, 0.25) is 5.91 Å². The van der Waals surface area contributed by atoms with Crippen LogP contribution >= 0.6 is 11.8 Å². The van der Waals surface area contributed by atoms with Gasteiger partial charge in [-0.15, -0.1) is 11.8 Å². The second-order valence-electron chi connectivity index (χ2n) is 4.54. The molecule has 0 saturated heterocycles. The number of hydrogen-bond donors (Lipinski definition) is 1. The zero-order chi connectivity index (χ0) is 13.7. The van der Waals surface area contributed by atoms with E-state index >= 15 is 0 Å². The van der Waals surface area contributed by atoms with E-state index in [1.54, 1.807) is 11.8 Å². The lowest BCUT2D eigenvalue weighted by atomic mass is 10.00. The van der Waals surface area contributed by atoms with Gasteiger partial charge >= 0.3 is 0 Å². The van der Waals surface area contributed by atoms with Gasteiger partial charge in [0.15, 0.2) is 0 Å². The van der Waals surface area contributed by atoms with Gasteiger partial charge in [-0.3, -0.25) is 4.79 Å². The maximum Gasteiger partial charge on any atom is 0.237 e. The minimum absolute atomic E-state index is 0.306. The summed E-state index contributed by atoms with van der Waals surface area (Å²) in [4.78, 5) is 11.8. The smallest absolute Gasteiger partial charge is 0.237 e. The molecule has 1 atom stereocenters. The predicted molar refractivity (Wildman–Crippen MR) is 80.7 cm³/mol. The molecule has 1 amide bonds. The number of rotatable bonds is 5. The summed E-state index contributed by atoms with van der Waals surface area (Å²) in [6, 6.07) is 19.8. The molecule has 2 aromatic carbocycles. The van der Waals surface area contributed by atoms with Gasteiger partial charge in [0, 0.05) is 5.75 Å². The molecular weight excluding hydrogens is 254 g/mol. The zero-order valence-corrected chi connectivity index (χ0v) is 11.7. The van der Waals surface area contributed by atoms with Gasteiger partial charge in [0.25, 0.3) is 0 Å². The lowest BCUT2D eigenvalue weighted by Crippen LogP contribution is -2.35. The van der Waals surface area contributed by atoms with Crippen molar-refractivity contribution in [2.24, 2.45) is 5.73 Å². The summed E-state index contributed by atoms with van der Waals surface area (Å²) in [5, 5.41) is 0. The van der Waals surface area contributed by atoms with Crippen LogP contribution in [0.2, 0.25) is 0 Å². The first-order chi connectivity index (χ1) is 9.13. The lowest BCUT2D eigenvalue weighted by Gasteiger charge is -2.26. The molecule has 19 heavy (non-hydrogen) atoms. The van der Waals surface area contributed by atoms with Crippen LogP contribution in [0.1, 0.15) is 18.1 Å². The lowest BCUT2D eigenvalue weighted by molar-refractivity contribution is -0.120. The molecule has 0 spiro atoms. The van der Waals surface area contributed by atoms with Crippen LogP contribution in [0.5, 0.6) is 0 Å². The van der Waals surface area contributed by atoms with E-state index in [0.29, 0.717) is 0 Å². The van der Waals surface area contributed by atoms with Crippen LogP contribution in [-0.2, 0) is 15.3 Å². The third-order valence-electron chi connectivity index (χ3n) is 3.17. The minimum atomic E-state index is -0.697. The first kappa shape index (κ1) is 13.7. The van der Waals surface area contributed by atoms with E-state index < -0.39 is 4.75 Å². The maximum atomic E-state index is 11.8. The number of hydrogen-bond acceptors (Lipinski definition) is 2. The third kappa shape index (κ3) is 3.18. The zero-order valence-electron chi connectivity index (χ0n) is 10.9. The largest absolute Gasteiger partial charge is 0.368 e. The summed E-state index contributed by atoms with van der Waals surface area (Å²) in [6.45, 7) is 1.89. The Morgan fingerprint density at radius 1 is 1.05 bits per heavy atom. The summed E-state index contributed by atoms with van der Waals surface area (Å²) >= 11 is 1.56. The van der Waals surface area contributed by atoms with E-state index in [1.165, 1.54) is 5.56 Å². The van der Waals surface area contributed by atoms with Crippen molar-refractivity contribution in [3.63, 3.8) is 0 Å². The Bertz CT molecular complexity index is 541. The fourth-order valence-corrected chi connectivity index (χ4v) is 2.95. The van der Waals surface area contributed by atoms with Crippen LogP contribution in [0.25, 0.3) is 0 Å². The number of amides is 1. The van der Waals surface area contributed by atoms with E-state index in [-0.39, 0.29) is 5.91 Å². The molecule has 0 aromatic heterocycles. The maximum absolute atomic E-state index is 11.8.